The van der Waals surface area contributed by atoms with Gasteiger partial charge in [-0.3, -0.25) is 4.79 Å². The highest BCUT2D eigenvalue weighted by atomic mass is 16.1. The summed E-state index contributed by atoms with van der Waals surface area (Å²) < 4.78 is 0. The molecule has 0 saturated carbocycles. The first-order valence-electron chi connectivity index (χ1n) is 7.69. The summed E-state index contributed by atoms with van der Waals surface area (Å²) in [6, 6.07) is 13.9. The van der Waals surface area contributed by atoms with Gasteiger partial charge in [-0.2, -0.15) is 0 Å². The molecule has 2 rings (SSSR count). The molecule has 0 spiro atoms. The molecule has 0 bridgehead atoms. The van der Waals surface area contributed by atoms with Gasteiger partial charge < -0.3 is 10.6 Å². The molecule has 1 aromatic carbocycles. The Morgan fingerprint density at radius 1 is 1.05 bits per heavy atom. The third kappa shape index (κ3) is 5.52. The van der Waals surface area contributed by atoms with Gasteiger partial charge in [0.25, 0.3) is 0 Å². The molecule has 0 aliphatic rings. The molecule has 0 radical (unpaired) electrons. The number of unbranched alkanes of at least 4 members (excludes halogenated alkanes) is 1. The van der Waals surface area contributed by atoms with Crippen LogP contribution in [-0.4, -0.2) is 22.6 Å². The van der Waals surface area contributed by atoms with Gasteiger partial charge in [0.1, 0.15) is 5.82 Å². The van der Waals surface area contributed by atoms with Crippen LogP contribution < -0.4 is 10.6 Å². The average molecular weight is 298 g/mol. The fourth-order valence-electron chi connectivity index (χ4n) is 2.02. The third-order valence-electron chi connectivity index (χ3n) is 3.25. The lowest BCUT2D eigenvalue weighted by Gasteiger charge is -2.06. The van der Waals surface area contributed by atoms with E-state index in [1.54, 1.807) is 6.07 Å². The predicted molar refractivity (Wildman–Crippen MR) is 88.8 cm³/mol. The summed E-state index contributed by atoms with van der Waals surface area (Å²) in [5.41, 5.74) is 1.28. The quantitative estimate of drug-likeness (QED) is 0.785. The number of nitrogens with one attached hydrogen (secondary N) is 2. The first-order chi connectivity index (χ1) is 10.8. The molecule has 2 N–H and O–H groups in total. The Hall–Kier alpha value is -2.43. The number of anilines is 2. The number of aromatic nitrogens is 2. The van der Waals surface area contributed by atoms with Crippen molar-refractivity contribution in [2.75, 3.05) is 17.2 Å². The van der Waals surface area contributed by atoms with E-state index >= 15 is 0 Å². The summed E-state index contributed by atoms with van der Waals surface area (Å²) in [4.78, 5) is 11.6. The molecule has 0 saturated heterocycles. The van der Waals surface area contributed by atoms with Crippen molar-refractivity contribution in [1.82, 2.24) is 10.2 Å². The molecule has 22 heavy (non-hydrogen) atoms. The number of carbonyl (C=O) groups is 1. The van der Waals surface area contributed by atoms with E-state index in [2.05, 4.69) is 39.9 Å². The minimum atomic E-state index is -0.0130. The molecule has 2 aromatic rings. The fraction of sp³-hybridized carbons (Fsp3) is 0.353. The first-order valence-corrected chi connectivity index (χ1v) is 7.69. The minimum Gasteiger partial charge on any atom is -0.368 e. The number of nitrogens with zero attached hydrogens (tertiary/aromatic N) is 2. The topological polar surface area (TPSA) is 66.9 Å². The number of hydrogen-bond donors (Lipinski definition) is 2. The maximum atomic E-state index is 11.6. The highest BCUT2D eigenvalue weighted by molar-refractivity contribution is 5.89. The Morgan fingerprint density at radius 2 is 1.77 bits per heavy atom. The molecule has 0 aliphatic carbocycles. The standard InChI is InChI=1S/C17H22N4O/c1-2-3-9-17(22)19-16-11-10-15(20-21-16)18-13-12-14-7-5-4-6-8-14/h4-8,10-11H,2-3,9,12-13H2,1H3,(H,18,20)(H,19,21,22). The Balaban J connectivity index is 1.75. The van der Waals surface area contributed by atoms with Gasteiger partial charge in [0.2, 0.25) is 5.91 Å². The van der Waals surface area contributed by atoms with Crippen molar-refractivity contribution >= 4 is 17.5 Å². The fourth-order valence-corrected chi connectivity index (χ4v) is 2.02. The van der Waals surface area contributed by atoms with Crippen LogP contribution in [0.2, 0.25) is 0 Å². The molecular weight excluding hydrogens is 276 g/mol. The molecule has 0 atom stereocenters. The van der Waals surface area contributed by atoms with Gasteiger partial charge in [-0.1, -0.05) is 43.7 Å². The van der Waals surface area contributed by atoms with Crippen LogP contribution in [0.4, 0.5) is 11.6 Å². The van der Waals surface area contributed by atoms with Crippen molar-refractivity contribution in [3.63, 3.8) is 0 Å². The molecule has 116 valence electrons. The average Bonchev–Trinajstić information content (AvgIpc) is 2.55. The molecule has 1 heterocycles. The molecule has 1 amide bonds. The van der Waals surface area contributed by atoms with Crippen LogP contribution in [0.3, 0.4) is 0 Å². The normalized spacial score (nSPS) is 10.2. The van der Waals surface area contributed by atoms with E-state index in [9.17, 15) is 4.79 Å². The van der Waals surface area contributed by atoms with Crippen molar-refractivity contribution < 1.29 is 4.79 Å². The van der Waals surface area contributed by atoms with Crippen LogP contribution in [-0.2, 0) is 11.2 Å². The number of carbonyl (C=O) groups excluding carboxylic acids is 1. The lowest BCUT2D eigenvalue weighted by Crippen LogP contribution is -2.13. The molecule has 0 unspecified atom stereocenters. The van der Waals surface area contributed by atoms with E-state index < -0.39 is 0 Å². The first kappa shape index (κ1) is 15.9. The molecule has 5 nitrogen and oxygen atoms in total. The molecule has 0 aliphatic heterocycles. The maximum Gasteiger partial charge on any atom is 0.225 e. The SMILES string of the molecule is CCCCC(=O)Nc1ccc(NCCc2ccccc2)nn1. The monoisotopic (exact) mass is 298 g/mol. The second kappa shape index (κ2) is 8.77. The van der Waals surface area contributed by atoms with Crippen molar-refractivity contribution in [3.05, 3.63) is 48.0 Å². The van der Waals surface area contributed by atoms with Gasteiger partial charge in [-0.05, 0) is 30.5 Å². The summed E-state index contributed by atoms with van der Waals surface area (Å²) in [5, 5.41) is 14.0. The zero-order valence-electron chi connectivity index (χ0n) is 12.9. The highest BCUT2D eigenvalue weighted by Crippen LogP contribution is 2.08. The lowest BCUT2D eigenvalue weighted by atomic mass is 10.1. The van der Waals surface area contributed by atoms with E-state index in [0.717, 1.165) is 25.8 Å². The van der Waals surface area contributed by atoms with E-state index in [-0.39, 0.29) is 5.91 Å². The van der Waals surface area contributed by atoms with Gasteiger partial charge in [0, 0.05) is 13.0 Å². The van der Waals surface area contributed by atoms with Crippen molar-refractivity contribution in [3.8, 4) is 0 Å². The van der Waals surface area contributed by atoms with Gasteiger partial charge in [-0.15, -0.1) is 10.2 Å². The molecule has 1 aromatic heterocycles. The third-order valence-corrected chi connectivity index (χ3v) is 3.25. The summed E-state index contributed by atoms with van der Waals surface area (Å²) in [6.07, 6.45) is 3.34. The van der Waals surface area contributed by atoms with Gasteiger partial charge >= 0.3 is 0 Å². The molecule has 0 fully saturated rings. The van der Waals surface area contributed by atoms with Crippen molar-refractivity contribution in [2.45, 2.75) is 32.6 Å². The van der Waals surface area contributed by atoms with E-state index in [4.69, 9.17) is 0 Å². The second-order valence-electron chi connectivity index (χ2n) is 5.12. The van der Waals surface area contributed by atoms with Gasteiger partial charge in [0.05, 0.1) is 0 Å². The van der Waals surface area contributed by atoms with Gasteiger partial charge in [-0.25, -0.2) is 0 Å². The van der Waals surface area contributed by atoms with Crippen LogP contribution >= 0.6 is 0 Å². The van der Waals surface area contributed by atoms with Crippen molar-refractivity contribution in [2.24, 2.45) is 0 Å². The van der Waals surface area contributed by atoms with E-state index in [1.165, 1.54) is 5.56 Å². The Kier molecular flexibility index (Phi) is 6.36. The van der Waals surface area contributed by atoms with Crippen LogP contribution in [0, 0.1) is 0 Å². The summed E-state index contributed by atoms with van der Waals surface area (Å²) in [6.45, 7) is 2.85. The molecule has 5 heteroatoms. The van der Waals surface area contributed by atoms with Crippen LogP contribution in [0.25, 0.3) is 0 Å². The Bertz CT molecular complexity index is 569. The second-order valence-corrected chi connectivity index (χ2v) is 5.12. The highest BCUT2D eigenvalue weighted by Gasteiger charge is 2.03. The summed E-state index contributed by atoms with van der Waals surface area (Å²) in [7, 11) is 0. The smallest absolute Gasteiger partial charge is 0.225 e. The molecular formula is C17H22N4O. The minimum absolute atomic E-state index is 0.0130. The van der Waals surface area contributed by atoms with Crippen molar-refractivity contribution in [1.29, 1.82) is 0 Å². The van der Waals surface area contributed by atoms with E-state index in [0.29, 0.717) is 18.1 Å². The van der Waals surface area contributed by atoms with Crippen LogP contribution in [0.5, 0.6) is 0 Å². The largest absolute Gasteiger partial charge is 0.368 e. The maximum absolute atomic E-state index is 11.6. The predicted octanol–water partition coefficient (Wildman–Crippen LogP) is 3.26. The zero-order valence-corrected chi connectivity index (χ0v) is 12.9. The van der Waals surface area contributed by atoms with E-state index in [1.807, 2.05) is 24.3 Å². The zero-order chi connectivity index (χ0) is 15.6. The number of rotatable bonds is 8. The lowest BCUT2D eigenvalue weighted by molar-refractivity contribution is -0.116. The summed E-state index contributed by atoms with van der Waals surface area (Å²) >= 11 is 0. The number of hydrogen-bond acceptors (Lipinski definition) is 4. The van der Waals surface area contributed by atoms with Crippen LogP contribution in [0.15, 0.2) is 42.5 Å². The van der Waals surface area contributed by atoms with Gasteiger partial charge in [0.15, 0.2) is 5.82 Å². The van der Waals surface area contributed by atoms with Crippen LogP contribution in [0.1, 0.15) is 31.7 Å². The number of amides is 1. The Labute approximate surface area is 131 Å². The summed E-state index contributed by atoms with van der Waals surface area (Å²) in [5.74, 6) is 1.19. The number of benzene rings is 1. The Morgan fingerprint density at radius 3 is 2.45 bits per heavy atom.